The SMILES string of the molecule is Cc1cccc(Cn2c(=O)ccn([C@@H]3O[C@H](CO)[C@@H](O)[C@H]3O)c2=O)c1. The van der Waals surface area contributed by atoms with Crippen molar-refractivity contribution in [2.75, 3.05) is 6.61 Å². The normalized spacial score (nSPS) is 26.1. The molecule has 1 aromatic carbocycles. The van der Waals surface area contributed by atoms with Crippen LogP contribution in [-0.4, -0.2) is 49.4 Å². The van der Waals surface area contributed by atoms with Crippen LogP contribution in [0, 0.1) is 6.92 Å². The lowest BCUT2D eigenvalue weighted by Crippen LogP contribution is -2.43. The number of nitrogens with zero attached hydrogens (tertiary/aromatic N) is 2. The molecule has 1 saturated heterocycles. The maximum atomic E-state index is 12.7. The van der Waals surface area contributed by atoms with Crippen LogP contribution in [0.2, 0.25) is 0 Å². The molecular formula is C17H20N2O6. The number of aliphatic hydroxyl groups excluding tert-OH is 3. The zero-order chi connectivity index (χ0) is 18.1. The van der Waals surface area contributed by atoms with E-state index in [0.29, 0.717) is 0 Å². The first kappa shape index (κ1) is 17.6. The van der Waals surface area contributed by atoms with E-state index in [2.05, 4.69) is 0 Å². The van der Waals surface area contributed by atoms with Gasteiger partial charge in [0.1, 0.15) is 18.3 Å². The van der Waals surface area contributed by atoms with Gasteiger partial charge in [0.05, 0.1) is 13.2 Å². The van der Waals surface area contributed by atoms with E-state index >= 15 is 0 Å². The summed E-state index contributed by atoms with van der Waals surface area (Å²) in [5, 5.41) is 29.1. The number of hydrogen-bond donors (Lipinski definition) is 3. The second-order valence-electron chi connectivity index (χ2n) is 6.15. The van der Waals surface area contributed by atoms with E-state index in [4.69, 9.17) is 9.84 Å². The van der Waals surface area contributed by atoms with Crippen molar-refractivity contribution in [2.24, 2.45) is 0 Å². The molecule has 0 amide bonds. The van der Waals surface area contributed by atoms with Crippen molar-refractivity contribution in [3.8, 4) is 0 Å². The molecule has 8 nitrogen and oxygen atoms in total. The summed E-state index contributed by atoms with van der Waals surface area (Å²) in [7, 11) is 0. The molecule has 0 aliphatic carbocycles. The van der Waals surface area contributed by atoms with Crippen LogP contribution in [0.3, 0.4) is 0 Å². The monoisotopic (exact) mass is 348 g/mol. The van der Waals surface area contributed by atoms with Crippen molar-refractivity contribution >= 4 is 0 Å². The minimum atomic E-state index is -1.39. The summed E-state index contributed by atoms with van der Waals surface area (Å²) < 4.78 is 7.45. The van der Waals surface area contributed by atoms with Crippen LogP contribution in [0.15, 0.2) is 46.1 Å². The Bertz CT molecular complexity index is 874. The summed E-state index contributed by atoms with van der Waals surface area (Å²) in [6.07, 6.45) is -3.66. The van der Waals surface area contributed by atoms with Gasteiger partial charge in [-0.25, -0.2) is 4.79 Å². The molecule has 2 aromatic rings. The van der Waals surface area contributed by atoms with Crippen molar-refractivity contribution in [3.63, 3.8) is 0 Å². The molecule has 1 aromatic heterocycles. The van der Waals surface area contributed by atoms with Crippen molar-refractivity contribution in [3.05, 3.63) is 68.5 Å². The lowest BCUT2D eigenvalue weighted by Gasteiger charge is -2.18. The molecule has 1 fully saturated rings. The van der Waals surface area contributed by atoms with E-state index < -0.39 is 42.4 Å². The third-order valence-corrected chi connectivity index (χ3v) is 4.31. The molecule has 0 saturated carbocycles. The minimum Gasteiger partial charge on any atom is -0.394 e. The standard InChI is InChI=1S/C17H20N2O6/c1-10-3-2-4-11(7-10)8-19-13(21)5-6-18(17(19)24)16-15(23)14(22)12(9-20)25-16/h2-7,12,14-16,20,22-23H,8-9H2,1H3/t12-,14-,15-,16-/m1/s1. The summed E-state index contributed by atoms with van der Waals surface area (Å²) in [6, 6.07) is 8.63. The third-order valence-electron chi connectivity index (χ3n) is 4.31. The Morgan fingerprint density at radius 2 is 1.92 bits per heavy atom. The van der Waals surface area contributed by atoms with E-state index in [0.717, 1.165) is 20.3 Å². The first-order chi connectivity index (χ1) is 11.9. The summed E-state index contributed by atoms with van der Waals surface area (Å²) in [5.41, 5.74) is 0.654. The fourth-order valence-electron chi connectivity index (χ4n) is 2.97. The zero-order valence-electron chi connectivity index (χ0n) is 13.6. The van der Waals surface area contributed by atoms with Crippen LogP contribution >= 0.6 is 0 Å². The highest BCUT2D eigenvalue weighted by atomic mass is 16.6. The fraction of sp³-hybridized carbons (Fsp3) is 0.412. The lowest BCUT2D eigenvalue weighted by atomic mass is 10.1. The molecule has 1 aliphatic heterocycles. The quantitative estimate of drug-likeness (QED) is 0.652. The fourth-order valence-corrected chi connectivity index (χ4v) is 2.97. The highest BCUT2D eigenvalue weighted by Gasteiger charge is 2.43. The van der Waals surface area contributed by atoms with Gasteiger partial charge in [0.2, 0.25) is 0 Å². The zero-order valence-corrected chi connectivity index (χ0v) is 13.6. The second kappa shape index (κ2) is 6.93. The molecule has 0 radical (unpaired) electrons. The molecule has 0 unspecified atom stereocenters. The molecule has 3 N–H and O–H groups in total. The van der Waals surface area contributed by atoms with Crippen LogP contribution < -0.4 is 11.2 Å². The molecule has 134 valence electrons. The lowest BCUT2D eigenvalue weighted by molar-refractivity contribution is -0.0555. The number of ether oxygens (including phenoxy) is 1. The number of aromatic nitrogens is 2. The Morgan fingerprint density at radius 1 is 1.16 bits per heavy atom. The molecular weight excluding hydrogens is 328 g/mol. The summed E-state index contributed by atoms with van der Waals surface area (Å²) in [5.74, 6) is 0. The molecule has 3 rings (SSSR count). The van der Waals surface area contributed by atoms with Gasteiger partial charge >= 0.3 is 5.69 Å². The van der Waals surface area contributed by atoms with Gasteiger partial charge in [-0.05, 0) is 12.5 Å². The largest absolute Gasteiger partial charge is 0.394 e. The smallest absolute Gasteiger partial charge is 0.333 e. The van der Waals surface area contributed by atoms with Gasteiger partial charge < -0.3 is 20.1 Å². The van der Waals surface area contributed by atoms with Gasteiger partial charge in [-0.1, -0.05) is 29.8 Å². The average molecular weight is 348 g/mol. The van der Waals surface area contributed by atoms with E-state index in [9.17, 15) is 19.8 Å². The van der Waals surface area contributed by atoms with Crippen LogP contribution in [0.1, 0.15) is 17.4 Å². The molecule has 8 heteroatoms. The maximum Gasteiger partial charge on any atom is 0.333 e. The van der Waals surface area contributed by atoms with Gasteiger partial charge in [-0.15, -0.1) is 0 Å². The van der Waals surface area contributed by atoms with E-state index in [-0.39, 0.29) is 6.54 Å². The predicted molar refractivity (Wildman–Crippen MR) is 88.3 cm³/mol. The second-order valence-corrected chi connectivity index (χ2v) is 6.15. The van der Waals surface area contributed by atoms with Crippen LogP contribution in [-0.2, 0) is 11.3 Å². The molecule has 25 heavy (non-hydrogen) atoms. The Morgan fingerprint density at radius 3 is 2.56 bits per heavy atom. The highest BCUT2D eigenvalue weighted by molar-refractivity contribution is 5.22. The Hall–Kier alpha value is -2.26. The van der Waals surface area contributed by atoms with Gasteiger partial charge in [0.15, 0.2) is 6.23 Å². The Kier molecular flexibility index (Phi) is 4.87. The number of rotatable bonds is 4. The Balaban J connectivity index is 1.98. The van der Waals surface area contributed by atoms with E-state index in [1.807, 2.05) is 31.2 Å². The van der Waals surface area contributed by atoms with Crippen molar-refractivity contribution < 1.29 is 20.1 Å². The number of aryl methyl sites for hydroxylation is 1. The maximum absolute atomic E-state index is 12.7. The number of aliphatic hydroxyl groups is 3. The molecule has 4 atom stereocenters. The molecule has 1 aliphatic rings. The number of hydrogen-bond acceptors (Lipinski definition) is 6. The van der Waals surface area contributed by atoms with Gasteiger partial charge in [0.25, 0.3) is 5.56 Å². The molecule has 0 bridgehead atoms. The number of benzene rings is 1. The first-order valence-electron chi connectivity index (χ1n) is 7.92. The molecule has 2 heterocycles. The highest BCUT2D eigenvalue weighted by Crippen LogP contribution is 2.27. The average Bonchev–Trinajstić information content (AvgIpc) is 2.87. The van der Waals surface area contributed by atoms with E-state index in [1.165, 1.54) is 12.3 Å². The molecule has 0 spiro atoms. The Labute approximate surface area is 143 Å². The van der Waals surface area contributed by atoms with Crippen LogP contribution in [0.25, 0.3) is 0 Å². The van der Waals surface area contributed by atoms with E-state index in [1.54, 1.807) is 0 Å². The van der Waals surface area contributed by atoms with Crippen molar-refractivity contribution in [2.45, 2.75) is 38.0 Å². The van der Waals surface area contributed by atoms with Crippen molar-refractivity contribution in [1.29, 1.82) is 0 Å². The van der Waals surface area contributed by atoms with Gasteiger partial charge in [-0.2, -0.15) is 0 Å². The predicted octanol–water partition coefficient (Wildman–Crippen LogP) is -1.02. The van der Waals surface area contributed by atoms with Crippen LogP contribution in [0.5, 0.6) is 0 Å². The van der Waals surface area contributed by atoms with Crippen LogP contribution in [0.4, 0.5) is 0 Å². The third kappa shape index (κ3) is 3.29. The van der Waals surface area contributed by atoms with Gasteiger partial charge in [0, 0.05) is 12.3 Å². The minimum absolute atomic E-state index is 0.0784. The van der Waals surface area contributed by atoms with Crippen molar-refractivity contribution in [1.82, 2.24) is 9.13 Å². The summed E-state index contributed by atoms with van der Waals surface area (Å²) in [4.78, 5) is 24.8. The summed E-state index contributed by atoms with van der Waals surface area (Å²) in [6.45, 7) is 1.50. The van der Waals surface area contributed by atoms with Gasteiger partial charge in [-0.3, -0.25) is 13.9 Å². The summed E-state index contributed by atoms with van der Waals surface area (Å²) >= 11 is 0. The topological polar surface area (TPSA) is 114 Å². The first-order valence-corrected chi connectivity index (χ1v) is 7.92.